The second-order valence-electron chi connectivity index (χ2n) is 7.44. The molecule has 0 aliphatic carbocycles. The molecular weight excluding hydrogens is 419 g/mol. The first kappa shape index (κ1) is 22.0. The van der Waals surface area contributed by atoms with E-state index in [1.165, 1.54) is 6.07 Å². The Kier molecular flexibility index (Phi) is 6.59. The van der Waals surface area contributed by atoms with Crippen LogP contribution in [0.5, 0.6) is 5.75 Å². The van der Waals surface area contributed by atoms with Gasteiger partial charge in [0.1, 0.15) is 11.6 Å². The largest absolute Gasteiger partial charge is 0.497 e. The van der Waals surface area contributed by atoms with Gasteiger partial charge in [0, 0.05) is 11.1 Å². The first-order chi connectivity index (χ1) is 16.0. The van der Waals surface area contributed by atoms with Gasteiger partial charge in [-0.25, -0.2) is 14.4 Å². The van der Waals surface area contributed by atoms with Gasteiger partial charge >= 0.3 is 0 Å². The number of nitrogens with one attached hydrogen (secondary N) is 2. The fraction of sp³-hybridized carbons (Fsp3) is 0.115. The Bertz CT molecular complexity index is 1260. The number of aromatic nitrogens is 2. The van der Waals surface area contributed by atoms with Crippen LogP contribution in [0.3, 0.4) is 0 Å². The summed E-state index contributed by atoms with van der Waals surface area (Å²) in [5.41, 5.74) is 4.47. The van der Waals surface area contributed by atoms with Crippen LogP contribution in [0.1, 0.15) is 5.56 Å². The number of anilines is 2. The molecule has 0 saturated heterocycles. The summed E-state index contributed by atoms with van der Waals surface area (Å²) in [6.45, 7) is 1.89. The van der Waals surface area contributed by atoms with Crippen LogP contribution in [-0.2, 0) is 4.79 Å². The lowest BCUT2D eigenvalue weighted by atomic mass is 10.1. The number of methoxy groups -OCH3 is 1. The number of benzene rings is 3. The molecule has 1 aromatic heterocycles. The van der Waals surface area contributed by atoms with Crippen molar-refractivity contribution in [2.75, 3.05) is 24.3 Å². The van der Waals surface area contributed by atoms with E-state index in [0.717, 1.165) is 22.4 Å². The predicted octanol–water partition coefficient (Wildman–Crippen LogP) is 5.32. The third kappa shape index (κ3) is 5.51. The van der Waals surface area contributed by atoms with E-state index in [-0.39, 0.29) is 24.1 Å². The van der Waals surface area contributed by atoms with Gasteiger partial charge in [0.25, 0.3) is 0 Å². The summed E-state index contributed by atoms with van der Waals surface area (Å²) >= 11 is 0. The molecule has 4 aromatic rings. The highest BCUT2D eigenvalue weighted by Gasteiger charge is 2.12. The van der Waals surface area contributed by atoms with Crippen LogP contribution in [0.4, 0.5) is 16.0 Å². The molecule has 0 unspecified atom stereocenters. The minimum atomic E-state index is -0.426. The minimum Gasteiger partial charge on any atom is -0.497 e. The lowest BCUT2D eigenvalue weighted by Gasteiger charge is -2.11. The van der Waals surface area contributed by atoms with E-state index in [9.17, 15) is 9.18 Å². The molecule has 4 rings (SSSR count). The van der Waals surface area contributed by atoms with Crippen molar-refractivity contribution in [2.45, 2.75) is 6.92 Å². The second-order valence-corrected chi connectivity index (χ2v) is 7.44. The van der Waals surface area contributed by atoms with Gasteiger partial charge in [-0.05, 0) is 49.4 Å². The van der Waals surface area contributed by atoms with Crippen LogP contribution < -0.4 is 15.4 Å². The lowest BCUT2D eigenvalue weighted by molar-refractivity contribution is -0.114. The number of halogens is 1. The molecule has 1 heterocycles. The fourth-order valence-corrected chi connectivity index (χ4v) is 3.23. The first-order valence-corrected chi connectivity index (χ1v) is 10.4. The molecule has 6 nitrogen and oxygen atoms in total. The van der Waals surface area contributed by atoms with Gasteiger partial charge in [0.15, 0.2) is 0 Å². The van der Waals surface area contributed by atoms with Crippen molar-refractivity contribution in [1.82, 2.24) is 9.97 Å². The number of hydrogen-bond acceptors (Lipinski definition) is 5. The Labute approximate surface area is 191 Å². The lowest BCUT2D eigenvalue weighted by Crippen LogP contribution is -2.23. The minimum absolute atomic E-state index is 0.128. The molecule has 7 heteroatoms. The number of aryl methyl sites for hydroxylation is 1. The Morgan fingerprint density at radius 1 is 0.909 bits per heavy atom. The van der Waals surface area contributed by atoms with E-state index < -0.39 is 5.82 Å². The van der Waals surface area contributed by atoms with E-state index >= 15 is 0 Å². The van der Waals surface area contributed by atoms with Gasteiger partial charge in [0.2, 0.25) is 11.9 Å². The summed E-state index contributed by atoms with van der Waals surface area (Å²) in [6, 6.07) is 23.5. The highest BCUT2D eigenvalue weighted by Crippen LogP contribution is 2.27. The zero-order valence-corrected chi connectivity index (χ0v) is 18.3. The zero-order chi connectivity index (χ0) is 23.2. The third-order valence-electron chi connectivity index (χ3n) is 5.02. The molecule has 0 saturated carbocycles. The van der Waals surface area contributed by atoms with Crippen LogP contribution in [-0.4, -0.2) is 29.5 Å². The monoisotopic (exact) mass is 442 g/mol. The summed E-state index contributed by atoms with van der Waals surface area (Å²) in [7, 11) is 1.61. The molecular formula is C26H23FN4O2. The molecule has 0 aliphatic rings. The summed E-state index contributed by atoms with van der Waals surface area (Å²) < 4.78 is 19.0. The molecule has 33 heavy (non-hydrogen) atoms. The molecule has 0 radical (unpaired) electrons. The highest BCUT2D eigenvalue weighted by atomic mass is 19.1. The molecule has 0 atom stereocenters. The first-order valence-electron chi connectivity index (χ1n) is 10.4. The van der Waals surface area contributed by atoms with Crippen LogP contribution >= 0.6 is 0 Å². The van der Waals surface area contributed by atoms with E-state index in [0.29, 0.717) is 11.4 Å². The number of hydrogen-bond donors (Lipinski definition) is 2. The average molecular weight is 442 g/mol. The molecule has 0 fully saturated rings. The molecule has 0 spiro atoms. The highest BCUT2D eigenvalue weighted by molar-refractivity contribution is 5.92. The van der Waals surface area contributed by atoms with Gasteiger partial charge in [-0.2, -0.15) is 0 Å². The van der Waals surface area contributed by atoms with Crippen molar-refractivity contribution in [3.8, 4) is 28.3 Å². The van der Waals surface area contributed by atoms with Crippen molar-refractivity contribution in [2.24, 2.45) is 0 Å². The van der Waals surface area contributed by atoms with Gasteiger partial charge < -0.3 is 10.1 Å². The Morgan fingerprint density at radius 2 is 1.52 bits per heavy atom. The molecule has 0 aliphatic heterocycles. The number of para-hydroxylation sites is 1. The Balaban J connectivity index is 1.61. The van der Waals surface area contributed by atoms with Crippen LogP contribution in [0.25, 0.3) is 22.5 Å². The molecule has 166 valence electrons. The van der Waals surface area contributed by atoms with Crippen LogP contribution in [0.2, 0.25) is 0 Å². The molecule has 1 amide bonds. The average Bonchev–Trinajstić information content (AvgIpc) is 2.84. The summed E-state index contributed by atoms with van der Waals surface area (Å²) in [5.74, 6) is 0.0863. The topological polar surface area (TPSA) is 76.1 Å². The Hall–Kier alpha value is -4.26. The van der Waals surface area contributed by atoms with E-state index in [2.05, 4.69) is 20.6 Å². The van der Waals surface area contributed by atoms with Gasteiger partial charge in [-0.3, -0.25) is 10.1 Å². The molecule has 2 N–H and O–H groups in total. The van der Waals surface area contributed by atoms with Gasteiger partial charge in [-0.15, -0.1) is 0 Å². The molecule has 3 aromatic carbocycles. The summed E-state index contributed by atoms with van der Waals surface area (Å²) in [6.07, 6.45) is 0. The smallest absolute Gasteiger partial charge is 0.246 e. The zero-order valence-electron chi connectivity index (χ0n) is 18.3. The number of rotatable bonds is 7. The van der Waals surface area contributed by atoms with Gasteiger partial charge in [0.05, 0.1) is 30.7 Å². The maximum absolute atomic E-state index is 13.8. The maximum atomic E-state index is 13.8. The predicted molar refractivity (Wildman–Crippen MR) is 128 cm³/mol. The fourth-order valence-electron chi connectivity index (χ4n) is 3.23. The number of ether oxygens (including phenoxy) is 1. The quantitative estimate of drug-likeness (QED) is 0.405. The standard InChI is InChI=1S/C26H23FN4O2/c1-17-7-9-18(10-8-17)23-15-24(19-11-13-20(33-2)14-12-19)30-26(29-23)31-25(32)16-28-22-6-4-3-5-21(22)27/h3-15,28H,16H2,1-2H3,(H,29,30,31,32). The van der Waals surface area contributed by atoms with E-state index in [1.54, 1.807) is 25.3 Å². The van der Waals surface area contributed by atoms with E-state index in [1.807, 2.05) is 61.5 Å². The van der Waals surface area contributed by atoms with Crippen LogP contribution in [0.15, 0.2) is 78.9 Å². The summed E-state index contributed by atoms with van der Waals surface area (Å²) in [4.78, 5) is 21.6. The van der Waals surface area contributed by atoms with Crippen molar-refractivity contribution in [1.29, 1.82) is 0 Å². The van der Waals surface area contributed by atoms with Crippen molar-refractivity contribution in [3.05, 3.63) is 90.2 Å². The number of carbonyl (C=O) groups is 1. The maximum Gasteiger partial charge on any atom is 0.246 e. The molecule has 0 bridgehead atoms. The second kappa shape index (κ2) is 9.91. The normalized spacial score (nSPS) is 10.5. The van der Waals surface area contributed by atoms with E-state index in [4.69, 9.17) is 4.74 Å². The Morgan fingerprint density at radius 3 is 2.12 bits per heavy atom. The number of amides is 1. The summed E-state index contributed by atoms with van der Waals surface area (Å²) in [5, 5.41) is 5.50. The SMILES string of the molecule is COc1ccc(-c2cc(-c3ccc(C)cc3)nc(NC(=O)CNc3ccccc3F)n2)cc1. The van der Waals surface area contributed by atoms with Gasteiger partial charge in [-0.1, -0.05) is 42.0 Å². The third-order valence-corrected chi connectivity index (χ3v) is 5.02. The van der Waals surface area contributed by atoms with Crippen molar-refractivity contribution in [3.63, 3.8) is 0 Å². The van der Waals surface area contributed by atoms with Crippen LogP contribution in [0, 0.1) is 12.7 Å². The van der Waals surface area contributed by atoms with Crippen molar-refractivity contribution >= 4 is 17.5 Å². The number of nitrogens with zero attached hydrogens (tertiary/aromatic N) is 2. The number of carbonyl (C=O) groups excluding carboxylic acids is 1. The van der Waals surface area contributed by atoms with Crippen molar-refractivity contribution < 1.29 is 13.9 Å².